The van der Waals surface area contributed by atoms with E-state index in [1.165, 1.54) is 5.39 Å². The van der Waals surface area contributed by atoms with Crippen molar-refractivity contribution < 1.29 is 4.42 Å². The number of anilines is 2. The highest BCUT2D eigenvalue weighted by atomic mass is 16.3. The summed E-state index contributed by atoms with van der Waals surface area (Å²) in [5.74, 6) is 0. The van der Waals surface area contributed by atoms with Crippen LogP contribution in [0.2, 0.25) is 0 Å². The van der Waals surface area contributed by atoms with Crippen LogP contribution in [0, 0.1) is 0 Å². The third-order valence-corrected chi connectivity index (χ3v) is 12.1. The van der Waals surface area contributed by atoms with Crippen molar-refractivity contribution in [3.05, 3.63) is 242 Å². The number of fused-ring (bicyclic) bond motifs is 6. The monoisotopic (exact) mass is 809 g/mol. The van der Waals surface area contributed by atoms with E-state index < -0.39 is 0 Å². The molecular formula is C59H43N3O. The zero-order valence-electron chi connectivity index (χ0n) is 34.5. The van der Waals surface area contributed by atoms with E-state index in [0.29, 0.717) is 0 Å². The molecule has 0 amide bonds. The molecule has 4 nitrogen and oxygen atoms in total. The highest BCUT2D eigenvalue weighted by molar-refractivity contribution is 6.14. The molecule has 9 aromatic carbocycles. The number of para-hydroxylation sites is 4. The maximum absolute atomic E-state index is 6.85. The highest BCUT2D eigenvalue weighted by Crippen LogP contribution is 2.40. The van der Waals surface area contributed by atoms with Gasteiger partial charge in [0.15, 0.2) is 0 Å². The van der Waals surface area contributed by atoms with Crippen molar-refractivity contribution in [3.8, 4) is 33.4 Å². The Hall–Kier alpha value is -8.18. The van der Waals surface area contributed by atoms with Crippen LogP contribution in [0.1, 0.15) is 17.2 Å². The van der Waals surface area contributed by atoms with Crippen LogP contribution in [0.15, 0.2) is 235 Å². The molecule has 0 fully saturated rings. The van der Waals surface area contributed by atoms with Gasteiger partial charge in [0.1, 0.15) is 11.2 Å². The molecule has 1 unspecified atom stereocenters. The van der Waals surface area contributed by atoms with Crippen molar-refractivity contribution in [2.24, 2.45) is 5.73 Å². The molecule has 0 aliphatic carbocycles. The van der Waals surface area contributed by atoms with Crippen molar-refractivity contribution in [2.75, 3.05) is 5.32 Å². The normalized spacial score (nSPS) is 12.5. The summed E-state index contributed by atoms with van der Waals surface area (Å²) in [5.41, 5.74) is 22.9. The van der Waals surface area contributed by atoms with Crippen molar-refractivity contribution >= 4 is 66.9 Å². The number of furan rings is 1. The SMILES string of the molecule is NC(/C=C(\C=C\n1c2ccc(-c3cccc(-c4ccccc4Nc4ccccc4)c3)cc2c2ccc(-c3cccc4c3oc3ccccc34)cc21)c1ccccc1)c1ccccc1. The molecule has 0 saturated carbocycles. The Bertz CT molecular complexity index is 3490. The number of rotatable bonds is 10. The molecule has 11 rings (SSSR count). The summed E-state index contributed by atoms with van der Waals surface area (Å²) in [6.07, 6.45) is 6.55. The second-order valence-electron chi connectivity index (χ2n) is 16.0. The third kappa shape index (κ3) is 7.29. The molecule has 0 aliphatic heterocycles. The van der Waals surface area contributed by atoms with Crippen LogP contribution in [0.5, 0.6) is 0 Å². The van der Waals surface area contributed by atoms with Crippen molar-refractivity contribution in [1.29, 1.82) is 0 Å². The first-order valence-corrected chi connectivity index (χ1v) is 21.4. The molecule has 0 spiro atoms. The zero-order chi connectivity index (χ0) is 42.1. The van der Waals surface area contributed by atoms with Gasteiger partial charge in [-0.3, -0.25) is 0 Å². The van der Waals surface area contributed by atoms with Gasteiger partial charge < -0.3 is 20.0 Å². The predicted molar refractivity (Wildman–Crippen MR) is 266 cm³/mol. The average molecular weight is 810 g/mol. The first-order chi connectivity index (χ1) is 31.1. The molecule has 11 aromatic rings. The van der Waals surface area contributed by atoms with Gasteiger partial charge >= 0.3 is 0 Å². The van der Waals surface area contributed by atoms with Gasteiger partial charge in [-0.2, -0.15) is 0 Å². The van der Waals surface area contributed by atoms with Crippen LogP contribution in [-0.2, 0) is 0 Å². The second kappa shape index (κ2) is 16.4. The number of allylic oxidation sites excluding steroid dienone is 2. The topological polar surface area (TPSA) is 56.1 Å². The van der Waals surface area contributed by atoms with Crippen LogP contribution >= 0.6 is 0 Å². The first kappa shape index (κ1) is 37.8. The molecule has 0 radical (unpaired) electrons. The zero-order valence-corrected chi connectivity index (χ0v) is 34.5. The Morgan fingerprint density at radius 1 is 0.492 bits per heavy atom. The van der Waals surface area contributed by atoms with Gasteiger partial charge in [-0.05, 0) is 93.6 Å². The summed E-state index contributed by atoms with van der Waals surface area (Å²) < 4.78 is 8.86. The molecule has 63 heavy (non-hydrogen) atoms. The molecule has 3 N–H and O–H groups in total. The maximum atomic E-state index is 6.85. The third-order valence-electron chi connectivity index (χ3n) is 12.1. The fraction of sp³-hybridized carbons (Fsp3) is 0.0169. The van der Waals surface area contributed by atoms with E-state index in [1.54, 1.807) is 0 Å². The second-order valence-corrected chi connectivity index (χ2v) is 16.0. The van der Waals surface area contributed by atoms with Crippen molar-refractivity contribution in [3.63, 3.8) is 0 Å². The lowest BCUT2D eigenvalue weighted by molar-refractivity contribution is 0.670. The largest absolute Gasteiger partial charge is 0.455 e. The Kier molecular flexibility index (Phi) is 9.81. The van der Waals surface area contributed by atoms with Gasteiger partial charge in [0.25, 0.3) is 0 Å². The number of nitrogens with two attached hydrogens (primary N) is 1. The minimum atomic E-state index is -0.278. The predicted octanol–water partition coefficient (Wildman–Crippen LogP) is 15.7. The smallest absolute Gasteiger partial charge is 0.143 e. The molecule has 0 bridgehead atoms. The fourth-order valence-corrected chi connectivity index (χ4v) is 8.92. The van der Waals surface area contributed by atoms with Gasteiger partial charge in [-0.25, -0.2) is 0 Å². The number of benzene rings is 9. The average Bonchev–Trinajstić information content (AvgIpc) is 3.88. The molecular weight excluding hydrogens is 767 g/mol. The summed E-state index contributed by atoms with van der Waals surface area (Å²) in [6, 6.07) is 76.5. The van der Waals surface area contributed by atoms with E-state index in [4.69, 9.17) is 10.2 Å². The standard InChI is InChI=1S/C59H43N3O/c60-54(41-18-6-2-7-19-41)38-44(40-16-4-1-5-17-40)34-35-62-56-33-31-43(42-20-14-21-45(36-42)48-24-10-12-28-55(48)61-47-22-8-3-9-23-47)37-53(56)50-32-30-46(39-57(50)62)49-26-15-27-52-51-25-11-13-29-58(51)63-59(49)52/h1-39,54,61H,60H2/b35-34+,44-38+. The first-order valence-electron chi connectivity index (χ1n) is 21.4. The van der Waals surface area contributed by atoms with Gasteiger partial charge in [0.05, 0.1) is 11.0 Å². The van der Waals surface area contributed by atoms with Gasteiger partial charge in [0.2, 0.25) is 0 Å². The van der Waals surface area contributed by atoms with Crippen LogP contribution in [0.4, 0.5) is 11.4 Å². The maximum Gasteiger partial charge on any atom is 0.143 e. The molecule has 4 heteroatoms. The molecule has 0 aliphatic rings. The number of aromatic nitrogens is 1. The van der Waals surface area contributed by atoms with Crippen molar-refractivity contribution in [1.82, 2.24) is 4.57 Å². The Morgan fingerprint density at radius 3 is 2.00 bits per heavy atom. The summed E-state index contributed by atoms with van der Waals surface area (Å²) >= 11 is 0. The van der Waals surface area contributed by atoms with E-state index in [-0.39, 0.29) is 6.04 Å². The summed E-state index contributed by atoms with van der Waals surface area (Å²) in [5, 5.41) is 8.20. The quantitative estimate of drug-likeness (QED) is 0.135. The van der Waals surface area contributed by atoms with Gasteiger partial charge in [-0.1, -0.05) is 176 Å². The molecule has 0 saturated heterocycles. The Morgan fingerprint density at radius 2 is 1.14 bits per heavy atom. The van der Waals surface area contributed by atoms with E-state index in [1.807, 2.05) is 42.5 Å². The fourth-order valence-electron chi connectivity index (χ4n) is 8.92. The highest BCUT2D eigenvalue weighted by Gasteiger charge is 2.17. The van der Waals surface area contributed by atoms with Crippen LogP contribution in [-0.4, -0.2) is 4.57 Å². The van der Waals surface area contributed by atoms with Crippen LogP contribution in [0.25, 0.3) is 88.9 Å². The number of nitrogens with zero attached hydrogens (tertiary/aromatic N) is 1. The molecule has 2 heterocycles. The minimum Gasteiger partial charge on any atom is -0.455 e. The Labute approximate surface area is 366 Å². The summed E-state index contributed by atoms with van der Waals surface area (Å²) in [7, 11) is 0. The summed E-state index contributed by atoms with van der Waals surface area (Å²) in [6.45, 7) is 0. The molecule has 300 valence electrons. The Balaban J connectivity index is 1.06. The van der Waals surface area contributed by atoms with Crippen LogP contribution in [0.3, 0.4) is 0 Å². The van der Waals surface area contributed by atoms with E-state index >= 15 is 0 Å². The molecule has 1 atom stereocenters. The van der Waals surface area contributed by atoms with E-state index in [0.717, 1.165) is 99.8 Å². The number of nitrogens with one attached hydrogen (secondary N) is 1. The van der Waals surface area contributed by atoms with E-state index in [9.17, 15) is 0 Å². The van der Waals surface area contributed by atoms with E-state index in [2.05, 4.69) is 204 Å². The lowest BCUT2D eigenvalue weighted by atomic mass is 9.96. The van der Waals surface area contributed by atoms with Crippen molar-refractivity contribution in [2.45, 2.75) is 6.04 Å². The lowest BCUT2D eigenvalue weighted by Gasteiger charge is -2.13. The van der Waals surface area contributed by atoms with Gasteiger partial charge in [0, 0.05) is 56.3 Å². The minimum absolute atomic E-state index is 0.278. The number of hydrogen-bond donors (Lipinski definition) is 2. The number of hydrogen-bond acceptors (Lipinski definition) is 3. The molecule has 2 aromatic heterocycles. The lowest BCUT2D eigenvalue weighted by Crippen LogP contribution is -2.07. The van der Waals surface area contributed by atoms with Crippen LogP contribution < -0.4 is 11.1 Å². The summed E-state index contributed by atoms with van der Waals surface area (Å²) in [4.78, 5) is 0. The van der Waals surface area contributed by atoms with Gasteiger partial charge in [-0.15, -0.1) is 0 Å².